The van der Waals surface area contributed by atoms with Gasteiger partial charge in [-0.05, 0) is 25.1 Å². The molecule has 0 saturated carbocycles. The fourth-order valence-corrected chi connectivity index (χ4v) is 1.72. The van der Waals surface area contributed by atoms with Gasteiger partial charge < -0.3 is 4.74 Å². The average molecular weight is 255 g/mol. The van der Waals surface area contributed by atoms with Gasteiger partial charge in [0.1, 0.15) is 5.57 Å². The lowest BCUT2D eigenvalue weighted by Crippen LogP contribution is -2.11. The third kappa shape index (κ3) is 2.85. The van der Waals surface area contributed by atoms with E-state index in [1.165, 1.54) is 20.1 Å². The van der Waals surface area contributed by atoms with Crippen molar-refractivity contribution >= 4 is 28.7 Å². The van der Waals surface area contributed by atoms with Gasteiger partial charge in [-0.3, -0.25) is 4.79 Å². The maximum Gasteiger partial charge on any atom is 0.341 e. The molecule has 0 radical (unpaired) electrons. The van der Waals surface area contributed by atoms with Crippen molar-refractivity contribution < 1.29 is 14.3 Å². The van der Waals surface area contributed by atoms with Crippen LogP contribution < -0.4 is 0 Å². The zero-order chi connectivity index (χ0) is 13.8. The fraction of sp³-hybridized carbons (Fsp3) is 0.133. The molecule has 1 aromatic carbocycles. The summed E-state index contributed by atoms with van der Waals surface area (Å²) < 4.78 is 4.58. The first-order valence-corrected chi connectivity index (χ1v) is 5.78. The molecule has 0 unspecified atom stereocenters. The van der Waals surface area contributed by atoms with Crippen molar-refractivity contribution in [3.05, 3.63) is 47.7 Å². The number of hydrogen-bond acceptors (Lipinski definition) is 4. The first-order valence-electron chi connectivity index (χ1n) is 5.78. The third-order valence-corrected chi connectivity index (χ3v) is 2.70. The van der Waals surface area contributed by atoms with Gasteiger partial charge in [0.2, 0.25) is 0 Å². The zero-order valence-electron chi connectivity index (χ0n) is 10.7. The van der Waals surface area contributed by atoms with Crippen LogP contribution in [0.25, 0.3) is 17.0 Å². The molecule has 0 N–H and O–H groups in total. The molecule has 0 saturated heterocycles. The number of ether oxygens (including phenoxy) is 1. The van der Waals surface area contributed by atoms with Gasteiger partial charge in [0.05, 0.1) is 18.3 Å². The van der Waals surface area contributed by atoms with E-state index in [0.717, 1.165) is 10.9 Å². The summed E-state index contributed by atoms with van der Waals surface area (Å²) in [5.74, 6) is -0.996. The number of pyridine rings is 1. The highest BCUT2D eigenvalue weighted by Gasteiger charge is 2.14. The summed E-state index contributed by atoms with van der Waals surface area (Å²) in [5, 5.41) is 1.00. The van der Waals surface area contributed by atoms with Gasteiger partial charge in [0.25, 0.3) is 0 Å². The standard InChI is InChI=1S/C15H13NO3/c1-10(17)13(15(18)19-2)9-12-8-7-11-5-3-4-6-14(11)16-12/h3-9H,1-2H3/b13-9+. The van der Waals surface area contributed by atoms with E-state index in [4.69, 9.17) is 0 Å². The molecule has 2 rings (SSSR count). The SMILES string of the molecule is COC(=O)/C(=C/c1ccc2ccccc2n1)C(C)=O. The van der Waals surface area contributed by atoms with Gasteiger partial charge in [0.15, 0.2) is 5.78 Å². The van der Waals surface area contributed by atoms with Gasteiger partial charge in [-0.15, -0.1) is 0 Å². The van der Waals surface area contributed by atoms with Crippen molar-refractivity contribution in [1.29, 1.82) is 0 Å². The van der Waals surface area contributed by atoms with Crippen molar-refractivity contribution in [2.45, 2.75) is 6.92 Å². The van der Waals surface area contributed by atoms with Crippen LogP contribution in [0.5, 0.6) is 0 Å². The number of ketones is 1. The monoisotopic (exact) mass is 255 g/mol. The Kier molecular flexibility index (Phi) is 3.71. The molecule has 96 valence electrons. The number of esters is 1. The smallest absolute Gasteiger partial charge is 0.341 e. The number of nitrogens with zero attached hydrogens (tertiary/aromatic N) is 1. The van der Waals surface area contributed by atoms with Crippen molar-refractivity contribution in [3.8, 4) is 0 Å². The predicted octanol–water partition coefficient (Wildman–Crippen LogP) is 2.38. The molecular weight excluding hydrogens is 242 g/mol. The van der Waals surface area contributed by atoms with E-state index in [9.17, 15) is 9.59 Å². The van der Waals surface area contributed by atoms with Crippen molar-refractivity contribution in [2.75, 3.05) is 7.11 Å². The van der Waals surface area contributed by atoms with Gasteiger partial charge >= 0.3 is 5.97 Å². The Bertz CT molecular complexity index is 674. The zero-order valence-corrected chi connectivity index (χ0v) is 10.7. The number of benzene rings is 1. The van der Waals surface area contributed by atoms with Crippen LogP contribution in [0.15, 0.2) is 42.0 Å². The molecule has 4 heteroatoms. The molecule has 2 aromatic rings. The number of Topliss-reactive ketones (excluding diaryl/α,β-unsaturated/α-hetero) is 1. The second kappa shape index (κ2) is 5.44. The molecule has 0 aliphatic rings. The van der Waals surface area contributed by atoms with Crippen molar-refractivity contribution in [3.63, 3.8) is 0 Å². The van der Waals surface area contributed by atoms with Gasteiger partial charge in [0, 0.05) is 5.39 Å². The topological polar surface area (TPSA) is 56.3 Å². The van der Waals surface area contributed by atoms with Gasteiger partial charge in [-0.2, -0.15) is 0 Å². The first kappa shape index (κ1) is 13.0. The summed E-state index contributed by atoms with van der Waals surface area (Å²) in [7, 11) is 1.24. The highest BCUT2D eigenvalue weighted by molar-refractivity contribution is 6.19. The molecule has 0 spiro atoms. The molecule has 0 amide bonds. The molecule has 0 aliphatic carbocycles. The molecule has 4 nitrogen and oxygen atoms in total. The second-order valence-electron chi connectivity index (χ2n) is 4.03. The lowest BCUT2D eigenvalue weighted by atomic mass is 10.1. The number of hydrogen-bond donors (Lipinski definition) is 0. The minimum atomic E-state index is -0.651. The molecule has 0 bridgehead atoms. The molecule has 0 fully saturated rings. The van der Waals surface area contributed by atoms with E-state index in [2.05, 4.69) is 9.72 Å². The Morgan fingerprint density at radius 3 is 2.58 bits per heavy atom. The summed E-state index contributed by atoms with van der Waals surface area (Å²) in [5.41, 5.74) is 1.35. The van der Waals surface area contributed by atoms with Gasteiger partial charge in [-0.1, -0.05) is 24.3 Å². The van der Waals surface area contributed by atoms with Crippen LogP contribution in [0.4, 0.5) is 0 Å². The van der Waals surface area contributed by atoms with Crippen LogP contribution in [0.1, 0.15) is 12.6 Å². The number of para-hydroxylation sites is 1. The predicted molar refractivity (Wildman–Crippen MR) is 72.4 cm³/mol. The quantitative estimate of drug-likeness (QED) is 0.366. The van der Waals surface area contributed by atoms with Crippen LogP contribution in [0.3, 0.4) is 0 Å². The first-order chi connectivity index (χ1) is 9.11. The lowest BCUT2D eigenvalue weighted by Gasteiger charge is -2.02. The molecular formula is C15H13NO3. The minimum Gasteiger partial charge on any atom is -0.465 e. The van der Waals surface area contributed by atoms with Crippen molar-refractivity contribution in [2.24, 2.45) is 0 Å². The molecule has 0 atom stereocenters. The molecule has 1 heterocycles. The Morgan fingerprint density at radius 1 is 1.16 bits per heavy atom. The normalized spacial score (nSPS) is 11.4. The highest BCUT2D eigenvalue weighted by atomic mass is 16.5. The Balaban J connectivity index is 2.48. The Hall–Kier alpha value is -2.49. The van der Waals surface area contributed by atoms with E-state index in [-0.39, 0.29) is 11.4 Å². The fourth-order valence-electron chi connectivity index (χ4n) is 1.72. The van der Waals surface area contributed by atoms with E-state index in [1.807, 2.05) is 30.3 Å². The second-order valence-corrected chi connectivity index (χ2v) is 4.03. The molecule has 19 heavy (non-hydrogen) atoms. The molecule has 0 aliphatic heterocycles. The van der Waals surface area contributed by atoms with E-state index in [0.29, 0.717) is 5.69 Å². The number of carbonyl (C=O) groups is 2. The summed E-state index contributed by atoms with van der Waals surface area (Å²) >= 11 is 0. The van der Waals surface area contributed by atoms with Crippen LogP contribution in [0, 0.1) is 0 Å². The van der Waals surface area contributed by atoms with Crippen LogP contribution in [-0.4, -0.2) is 23.8 Å². The van der Waals surface area contributed by atoms with Gasteiger partial charge in [-0.25, -0.2) is 9.78 Å². The van der Waals surface area contributed by atoms with E-state index < -0.39 is 5.97 Å². The van der Waals surface area contributed by atoms with Crippen LogP contribution in [0.2, 0.25) is 0 Å². The van der Waals surface area contributed by atoms with E-state index >= 15 is 0 Å². The van der Waals surface area contributed by atoms with E-state index in [1.54, 1.807) is 6.07 Å². The Morgan fingerprint density at radius 2 is 1.89 bits per heavy atom. The summed E-state index contributed by atoms with van der Waals surface area (Å²) in [6.45, 7) is 1.32. The maximum atomic E-state index is 11.5. The van der Waals surface area contributed by atoms with Crippen molar-refractivity contribution in [1.82, 2.24) is 4.98 Å². The number of carbonyl (C=O) groups excluding carboxylic acids is 2. The maximum absolute atomic E-state index is 11.5. The third-order valence-electron chi connectivity index (χ3n) is 2.70. The van der Waals surface area contributed by atoms with Crippen LogP contribution >= 0.6 is 0 Å². The number of rotatable bonds is 3. The highest BCUT2D eigenvalue weighted by Crippen LogP contribution is 2.14. The average Bonchev–Trinajstić information content (AvgIpc) is 2.43. The number of methoxy groups -OCH3 is 1. The van der Waals surface area contributed by atoms with Crippen LogP contribution in [-0.2, 0) is 14.3 Å². The summed E-state index contributed by atoms with van der Waals surface area (Å²) in [6.07, 6.45) is 1.45. The number of aromatic nitrogens is 1. The lowest BCUT2D eigenvalue weighted by molar-refractivity contribution is -0.137. The molecule has 1 aromatic heterocycles. The summed E-state index contributed by atoms with van der Waals surface area (Å²) in [6, 6.07) is 11.3. The Labute approximate surface area is 110 Å². The minimum absolute atomic E-state index is 0.00900. The number of fused-ring (bicyclic) bond motifs is 1. The largest absolute Gasteiger partial charge is 0.465 e. The summed E-state index contributed by atoms with van der Waals surface area (Å²) in [4.78, 5) is 27.3.